The van der Waals surface area contributed by atoms with Gasteiger partial charge >= 0.3 is 12.0 Å². The standard InChI is InChI=1S/C16H18BrN3O5/c1-25-13(21)5-7-19-16(24)18-6-2-8-20-14(22)11-4-3-10(17)9-12(11)15(20)23/h3-4,9H,2,5-8H2,1H3,(H2,18,19,24). The molecule has 0 unspecified atom stereocenters. The smallest absolute Gasteiger partial charge is 0.314 e. The van der Waals surface area contributed by atoms with Gasteiger partial charge in [0.1, 0.15) is 0 Å². The maximum Gasteiger partial charge on any atom is 0.314 e. The zero-order chi connectivity index (χ0) is 18.4. The van der Waals surface area contributed by atoms with Crippen LogP contribution >= 0.6 is 15.9 Å². The monoisotopic (exact) mass is 411 g/mol. The van der Waals surface area contributed by atoms with E-state index in [1.165, 1.54) is 12.0 Å². The Bertz CT molecular complexity index is 707. The number of imide groups is 1. The molecule has 1 heterocycles. The maximum atomic E-state index is 12.3. The molecule has 2 rings (SSSR count). The Morgan fingerprint density at radius 3 is 2.52 bits per heavy atom. The first-order chi connectivity index (χ1) is 11.9. The van der Waals surface area contributed by atoms with Crippen LogP contribution in [0.4, 0.5) is 4.79 Å². The van der Waals surface area contributed by atoms with Crippen LogP contribution in [0.2, 0.25) is 0 Å². The van der Waals surface area contributed by atoms with E-state index < -0.39 is 12.0 Å². The highest BCUT2D eigenvalue weighted by Crippen LogP contribution is 2.25. The van der Waals surface area contributed by atoms with Crippen molar-refractivity contribution in [1.29, 1.82) is 0 Å². The summed E-state index contributed by atoms with van der Waals surface area (Å²) >= 11 is 3.28. The van der Waals surface area contributed by atoms with E-state index in [0.717, 1.165) is 4.47 Å². The van der Waals surface area contributed by atoms with Crippen LogP contribution in [0.25, 0.3) is 0 Å². The Labute approximate surface area is 153 Å². The van der Waals surface area contributed by atoms with Crippen LogP contribution in [0.5, 0.6) is 0 Å². The van der Waals surface area contributed by atoms with Gasteiger partial charge in [-0.05, 0) is 24.6 Å². The van der Waals surface area contributed by atoms with Crippen molar-refractivity contribution < 1.29 is 23.9 Å². The van der Waals surface area contributed by atoms with E-state index in [4.69, 9.17) is 0 Å². The Balaban J connectivity index is 1.72. The van der Waals surface area contributed by atoms with Crippen LogP contribution in [-0.2, 0) is 9.53 Å². The molecule has 8 nitrogen and oxygen atoms in total. The molecule has 4 amide bonds. The van der Waals surface area contributed by atoms with Gasteiger partial charge in [0, 0.05) is 24.1 Å². The van der Waals surface area contributed by atoms with Gasteiger partial charge in [0.05, 0.1) is 24.7 Å². The van der Waals surface area contributed by atoms with E-state index in [9.17, 15) is 19.2 Å². The van der Waals surface area contributed by atoms with E-state index in [-0.39, 0.29) is 31.3 Å². The van der Waals surface area contributed by atoms with Gasteiger partial charge in [-0.15, -0.1) is 0 Å². The normalized spacial score (nSPS) is 12.8. The molecule has 0 saturated heterocycles. The molecule has 134 valence electrons. The Kier molecular flexibility index (Phi) is 6.51. The number of halogens is 1. The van der Waals surface area contributed by atoms with Gasteiger partial charge in [-0.3, -0.25) is 19.3 Å². The molecule has 0 aliphatic carbocycles. The lowest BCUT2D eigenvalue weighted by Gasteiger charge is -2.14. The number of amides is 4. The highest BCUT2D eigenvalue weighted by Gasteiger charge is 2.34. The molecule has 0 bridgehead atoms. The van der Waals surface area contributed by atoms with Crippen LogP contribution in [0.1, 0.15) is 33.6 Å². The third kappa shape index (κ3) is 4.79. The number of urea groups is 1. The number of esters is 1. The molecule has 1 aromatic carbocycles. The fourth-order valence-corrected chi connectivity index (χ4v) is 2.71. The average molecular weight is 412 g/mol. The second-order valence-electron chi connectivity index (χ2n) is 5.31. The SMILES string of the molecule is COC(=O)CCNC(=O)NCCCN1C(=O)c2ccc(Br)cc2C1=O. The molecule has 25 heavy (non-hydrogen) atoms. The summed E-state index contributed by atoms with van der Waals surface area (Å²) in [6.45, 7) is 0.680. The molecule has 0 spiro atoms. The van der Waals surface area contributed by atoms with Gasteiger partial charge in [-0.1, -0.05) is 15.9 Å². The quantitative estimate of drug-likeness (QED) is 0.399. The van der Waals surface area contributed by atoms with E-state index in [0.29, 0.717) is 24.1 Å². The number of rotatable bonds is 7. The summed E-state index contributed by atoms with van der Waals surface area (Å²) in [6, 6.07) is 4.54. The molecule has 1 aromatic rings. The van der Waals surface area contributed by atoms with E-state index in [1.807, 2.05) is 0 Å². The minimum absolute atomic E-state index is 0.0918. The van der Waals surface area contributed by atoms with Crippen LogP contribution in [0.15, 0.2) is 22.7 Å². The largest absolute Gasteiger partial charge is 0.469 e. The van der Waals surface area contributed by atoms with Crippen molar-refractivity contribution in [2.45, 2.75) is 12.8 Å². The molecule has 0 atom stereocenters. The number of fused-ring (bicyclic) bond motifs is 1. The number of hydrogen-bond donors (Lipinski definition) is 2. The molecule has 1 aliphatic heterocycles. The lowest BCUT2D eigenvalue weighted by molar-refractivity contribution is -0.140. The first kappa shape index (κ1) is 18.9. The predicted octanol–water partition coefficient (Wildman–Crippen LogP) is 1.30. The number of methoxy groups -OCH3 is 1. The van der Waals surface area contributed by atoms with Crippen LogP contribution in [0.3, 0.4) is 0 Å². The van der Waals surface area contributed by atoms with Crippen molar-refractivity contribution in [3.05, 3.63) is 33.8 Å². The Morgan fingerprint density at radius 2 is 1.80 bits per heavy atom. The third-order valence-corrected chi connectivity index (χ3v) is 4.11. The van der Waals surface area contributed by atoms with Gasteiger partial charge in [-0.25, -0.2) is 4.79 Å². The van der Waals surface area contributed by atoms with Gasteiger partial charge < -0.3 is 15.4 Å². The summed E-state index contributed by atoms with van der Waals surface area (Å²) in [6.07, 6.45) is 0.519. The van der Waals surface area contributed by atoms with Crippen molar-refractivity contribution in [2.24, 2.45) is 0 Å². The first-order valence-electron chi connectivity index (χ1n) is 7.68. The number of carbonyl (C=O) groups is 4. The first-order valence-corrected chi connectivity index (χ1v) is 8.47. The average Bonchev–Trinajstić information content (AvgIpc) is 2.82. The molecule has 1 aliphatic rings. The van der Waals surface area contributed by atoms with Crippen molar-refractivity contribution in [2.75, 3.05) is 26.7 Å². The summed E-state index contributed by atoms with van der Waals surface area (Å²) < 4.78 is 5.19. The number of hydrogen-bond acceptors (Lipinski definition) is 5. The summed E-state index contributed by atoms with van der Waals surface area (Å²) in [5.74, 6) is -1.06. The second-order valence-corrected chi connectivity index (χ2v) is 6.23. The topological polar surface area (TPSA) is 105 Å². The van der Waals surface area contributed by atoms with Crippen LogP contribution in [0, 0.1) is 0 Å². The van der Waals surface area contributed by atoms with E-state index in [2.05, 4.69) is 31.3 Å². The Hall–Kier alpha value is -2.42. The highest BCUT2D eigenvalue weighted by atomic mass is 79.9. The number of nitrogens with one attached hydrogen (secondary N) is 2. The van der Waals surface area contributed by atoms with Crippen molar-refractivity contribution in [1.82, 2.24) is 15.5 Å². The van der Waals surface area contributed by atoms with Gasteiger partial charge in [0.2, 0.25) is 0 Å². The summed E-state index contributed by atoms with van der Waals surface area (Å²) in [5.41, 5.74) is 0.773. The maximum absolute atomic E-state index is 12.3. The van der Waals surface area contributed by atoms with E-state index in [1.54, 1.807) is 18.2 Å². The van der Waals surface area contributed by atoms with Crippen molar-refractivity contribution in [3.8, 4) is 0 Å². The lowest BCUT2D eigenvalue weighted by atomic mass is 10.1. The number of benzene rings is 1. The molecule has 2 N–H and O–H groups in total. The number of carbonyl (C=O) groups excluding carboxylic acids is 4. The number of ether oxygens (including phenoxy) is 1. The van der Waals surface area contributed by atoms with Crippen molar-refractivity contribution in [3.63, 3.8) is 0 Å². The van der Waals surface area contributed by atoms with Crippen LogP contribution < -0.4 is 10.6 Å². The van der Waals surface area contributed by atoms with Gasteiger partial charge in [0.15, 0.2) is 0 Å². The minimum atomic E-state index is -0.421. The fourth-order valence-electron chi connectivity index (χ4n) is 2.35. The summed E-state index contributed by atoms with van der Waals surface area (Å²) in [5, 5.41) is 5.11. The molecule has 0 radical (unpaired) electrons. The molecule has 9 heteroatoms. The highest BCUT2D eigenvalue weighted by molar-refractivity contribution is 9.10. The lowest BCUT2D eigenvalue weighted by Crippen LogP contribution is -2.39. The van der Waals surface area contributed by atoms with Gasteiger partial charge in [-0.2, -0.15) is 0 Å². The van der Waals surface area contributed by atoms with Gasteiger partial charge in [0.25, 0.3) is 11.8 Å². The predicted molar refractivity (Wildman–Crippen MR) is 92.2 cm³/mol. The zero-order valence-corrected chi connectivity index (χ0v) is 15.2. The summed E-state index contributed by atoms with van der Waals surface area (Å²) in [4.78, 5) is 48.1. The second kappa shape index (κ2) is 8.61. The molecular formula is C16H18BrN3O5. The molecule has 0 aromatic heterocycles. The Morgan fingerprint density at radius 1 is 1.12 bits per heavy atom. The van der Waals surface area contributed by atoms with Crippen LogP contribution in [-0.4, -0.2) is 55.5 Å². The summed E-state index contributed by atoms with van der Waals surface area (Å²) in [7, 11) is 1.28. The minimum Gasteiger partial charge on any atom is -0.469 e. The van der Waals surface area contributed by atoms with Crippen molar-refractivity contribution >= 4 is 39.7 Å². The molecular weight excluding hydrogens is 394 g/mol. The number of nitrogens with zero attached hydrogens (tertiary/aromatic N) is 1. The van der Waals surface area contributed by atoms with E-state index >= 15 is 0 Å². The molecule has 0 fully saturated rings. The third-order valence-electron chi connectivity index (χ3n) is 3.62. The zero-order valence-electron chi connectivity index (χ0n) is 13.6. The fraction of sp³-hybridized carbons (Fsp3) is 0.375. The molecule has 0 saturated carbocycles.